The number of unbranched alkanes of at least 4 members (excludes halogenated alkanes) is 3. The van der Waals surface area contributed by atoms with Gasteiger partial charge in [0.05, 0.1) is 19.3 Å². The van der Waals surface area contributed by atoms with Crippen molar-refractivity contribution in [3.63, 3.8) is 0 Å². The number of ether oxygens (including phenoxy) is 2. The Labute approximate surface area is 195 Å². The summed E-state index contributed by atoms with van der Waals surface area (Å²) >= 11 is 0. The fraction of sp³-hybridized carbons (Fsp3) is 0.600. The van der Waals surface area contributed by atoms with E-state index in [0.717, 1.165) is 18.3 Å². The van der Waals surface area contributed by atoms with Gasteiger partial charge in [0.1, 0.15) is 6.10 Å². The van der Waals surface area contributed by atoms with E-state index in [4.69, 9.17) is 9.47 Å². The van der Waals surface area contributed by atoms with Crippen LogP contribution in [0.15, 0.2) is 48.5 Å². The standard InChI is InChI=1S/C30H42O2/c1-3-5-6-7-8-23-9-11-24(12-10-23)25-13-15-26(16-14-25)27-17-19-28(20-18-27)30-22-31-29(4-2)21-32-30/h13-20,23-24,29-30H,3-12,21-22H2,1-2H3. The van der Waals surface area contributed by atoms with Gasteiger partial charge in [-0.2, -0.15) is 0 Å². The minimum Gasteiger partial charge on any atom is -0.373 e. The molecule has 1 heterocycles. The number of benzene rings is 2. The van der Waals surface area contributed by atoms with Gasteiger partial charge >= 0.3 is 0 Å². The average molecular weight is 435 g/mol. The summed E-state index contributed by atoms with van der Waals surface area (Å²) in [6, 6.07) is 18.2. The van der Waals surface area contributed by atoms with Crippen LogP contribution < -0.4 is 0 Å². The molecule has 2 aromatic carbocycles. The Morgan fingerprint density at radius 3 is 1.91 bits per heavy atom. The van der Waals surface area contributed by atoms with Gasteiger partial charge in [0.15, 0.2) is 0 Å². The molecule has 0 amide bonds. The largest absolute Gasteiger partial charge is 0.373 e. The molecule has 2 aromatic rings. The number of rotatable bonds is 9. The summed E-state index contributed by atoms with van der Waals surface area (Å²) in [5.41, 5.74) is 5.33. The van der Waals surface area contributed by atoms with Gasteiger partial charge in [-0.1, -0.05) is 94.5 Å². The molecule has 2 aliphatic rings. The molecule has 2 heteroatoms. The molecule has 32 heavy (non-hydrogen) atoms. The first kappa shape index (κ1) is 23.5. The van der Waals surface area contributed by atoms with Crippen molar-refractivity contribution in [3.8, 4) is 11.1 Å². The summed E-state index contributed by atoms with van der Waals surface area (Å²) in [6.45, 7) is 5.81. The zero-order valence-corrected chi connectivity index (χ0v) is 20.2. The van der Waals surface area contributed by atoms with Crippen molar-refractivity contribution in [3.05, 3.63) is 59.7 Å². The maximum absolute atomic E-state index is 6.01. The molecule has 0 radical (unpaired) electrons. The van der Waals surface area contributed by atoms with Gasteiger partial charge in [-0.05, 0) is 66.2 Å². The SMILES string of the molecule is CCCCCCC1CCC(c2ccc(-c3ccc(C4COC(CC)CO4)cc3)cc2)CC1. The maximum atomic E-state index is 6.01. The third-order valence-corrected chi connectivity index (χ3v) is 7.73. The van der Waals surface area contributed by atoms with E-state index >= 15 is 0 Å². The molecule has 1 saturated heterocycles. The predicted molar refractivity (Wildman–Crippen MR) is 134 cm³/mol. The molecule has 174 valence electrons. The van der Waals surface area contributed by atoms with E-state index in [1.54, 1.807) is 0 Å². The van der Waals surface area contributed by atoms with Crippen LogP contribution >= 0.6 is 0 Å². The number of hydrogen-bond acceptors (Lipinski definition) is 2. The second-order valence-electron chi connectivity index (χ2n) is 10.00. The fourth-order valence-electron chi connectivity index (χ4n) is 5.45. The van der Waals surface area contributed by atoms with Gasteiger partial charge in [0.25, 0.3) is 0 Å². The molecule has 0 spiro atoms. The van der Waals surface area contributed by atoms with Crippen LogP contribution in [0.5, 0.6) is 0 Å². The van der Waals surface area contributed by atoms with Gasteiger partial charge < -0.3 is 9.47 Å². The van der Waals surface area contributed by atoms with E-state index in [-0.39, 0.29) is 12.2 Å². The molecule has 0 bridgehead atoms. The van der Waals surface area contributed by atoms with E-state index in [0.29, 0.717) is 13.2 Å². The monoisotopic (exact) mass is 434 g/mol. The van der Waals surface area contributed by atoms with Crippen LogP contribution in [0.25, 0.3) is 11.1 Å². The number of hydrogen-bond donors (Lipinski definition) is 0. The zero-order chi connectivity index (χ0) is 22.2. The first-order valence-corrected chi connectivity index (χ1v) is 13.2. The minimum absolute atomic E-state index is 0.0657. The summed E-state index contributed by atoms with van der Waals surface area (Å²) in [7, 11) is 0. The molecule has 1 saturated carbocycles. The highest BCUT2D eigenvalue weighted by molar-refractivity contribution is 5.64. The van der Waals surface area contributed by atoms with Gasteiger partial charge in [-0.15, -0.1) is 0 Å². The van der Waals surface area contributed by atoms with Crippen LogP contribution in [0.1, 0.15) is 101 Å². The lowest BCUT2D eigenvalue weighted by Gasteiger charge is -2.29. The molecule has 1 aliphatic heterocycles. The summed E-state index contributed by atoms with van der Waals surface area (Å²) in [5, 5.41) is 0. The van der Waals surface area contributed by atoms with Crippen molar-refractivity contribution >= 4 is 0 Å². The molecule has 0 N–H and O–H groups in total. The van der Waals surface area contributed by atoms with E-state index in [1.165, 1.54) is 80.0 Å². The van der Waals surface area contributed by atoms with Gasteiger partial charge in [-0.3, -0.25) is 0 Å². The Balaban J connectivity index is 1.28. The van der Waals surface area contributed by atoms with E-state index < -0.39 is 0 Å². The third-order valence-electron chi connectivity index (χ3n) is 7.73. The molecule has 2 fully saturated rings. The molecular formula is C30H42O2. The van der Waals surface area contributed by atoms with Crippen LogP contribution in [-0.2, 0) is 9.47 Å². The second-order valence-corrected chi connectivity index (χ2v) is 10.00. The van der Waals surface area contributed by atoms with E-state index in [1.807, 2.05) is 0 Å². The van der Waals surface area contributed by atoms with Crippen molar-refractivity contribution in [2.75, 3.05) is 13.2 Å². The van der Waals surface area contributed by atoms with Crippen molar-refractivity contribution in [2.24, 2.45) is 5.92 Å². The maximum Gasteiger partial charge on any atom is 0.106 e. The smallest absolute Gasteiger partial charge is 0.106 e. The molecular weight excluding hydrogens is 392 g/mol. The minimum atomic E-state index is 0.0657. The first-order chi connectivity index (χ1) is 15.8. The molecule has 2 atom stereocenters. The van der Waals surface area contributed by atoms with Crippen molar-refractivity contribution in [2.45, 2.75) is 96.2 Å². The van der Waals surface area contributed by atoms with Gasteiger partial charge in [0, 0.05) is 0 Å². The van der Waals surface area contributed by atoms with Crippen molar-refractivity contribution in [1.29, 1.82) is 0 Å². The van der Waals surface area contributed by atoms with Crippen molar-refractivity contribution in [1.82, 2.24) is 0 Å². The highest BCUT2D eigenvalue weighted by atomic mass is 16.6. The molecule has 4 rings (SSSR count). The lowest BCUT2D eigenvalue weighted by molar-refractivity contribution is -0.135. The lowest BCUT2D eigenvalue weighted by Crippen LogP contribution is -2.30. The molecule has 1 aliphatic carbocycles. The Morgan fingerprint density at radius 1 is 0.688 bits per heavy atom. The highest BCUT2D eigenvalue weighted by Crippen LogP contribution is 2.38. The summed E-state index contributed by atoms with van der Waals surface area (Å²) in [5.74, 6) is 1.74. The van der Waals surface area contributed by atoms with Gasteiger partial charge in [0.2, 0.25) is 0 Å². The summed E-state index contributed by atoms with van der Waals surface area (Å²) in [4.78, 5) is 0. The molecule has 2 unspecified atom stereocenters. The summed E-state index contributed by atoms with van der Waals surface area (Å²) < 4.78 is 11.9. The first-order valence-electron chi connectivity index (χ1n) is 13.2. The lowest BCUT2D eigenvalue weighted by atomic mass is 9.77. The fourth-order valence-corrected chi connectivity index (χ4v) is 5.45. The van der Waals surface area contributed by atoms with Crippen LogP contribution in [0, 0.1) is 5.92 Å². The zero-order valence-electron chi connectivity index (χ0n) is 20.2. The normalized spacial score (nSPS) is 26.2. The second kappa shape index (κ2) is 12.0. The van der Waals surface area contributed by atoms with E-state index in [2.05, 4.69) is 62.4 Å². The average Bonchev–Trinajstić information content (AvgIpc) is 2.87. The van der Waals surface area contributed by atoms with Crippen LogP contribution in [0.2, 0.25) is 0 Å². The van der Waals surface area contributed by atoms with Crippen LogP contribution in [-0.4, -0.2) is 19.3 Å². The van der Waals surface area contributed by atoms with E-state index in [9.17, 15) is 0 Å². The Hall–Kier alpha value is -1.64. The Morgan fingerprint density at radius 2 is 1.34 bits per heavy atom. The quantitative estimate of drug-likeness (QED) is 0.368. The van der Waals surface area contributed by atoms with Crippen molar-refractivity contribution < 1.29 is 9.47 Å². The predicted octanol–water partition coefficient (Wildman–Crippen LogP) is 8.46. The Kier molecular flexibility index (Phi) is 8.82. The van der Waals surface area contributed by atoms with Gasteiger partial charge in [-0.25, -0.2) is 0 Å². The molecule has 0 aromatic heterocycles. The Bertz CT molecular complexity index is 779. The van der Waals surface area contributed by atoms with Crippen LogP contribution in [0.3, 0.4) is 0 Å². The third kappa shape index (κ3) is 6.23. The highest BCUT2D eigenvalue weighted by Gasteiger charge is 2.23. The van der Waals surface area contributed by atoms with Crippen LogP contribution in [0.4, 0.5) is 0 Å². The topological polar surface area (TPSA) is 18.5 Å². The molecule has 2 nitrogen and oxygen atoms in total. The summed E-state index contributed by atoms with van der Waals surface area (Å²) in [6.07, 6.45) is 14.0.